The average molecular weight is 604 g/mol. The van der Waals surface area contributed by atoms with Crippen molar-refractivity contribution in [2.24, 2.45) is 5.92 Å². The van der Waals surface area contributed by atoms with Crippen LogP contribution in [0, 0.1) is 5.92 Å². The second kappa shape index (κ2) is 13.2. The van der Waals surface area contributed by atoms with Crippen LogP contribution < -0.4 is 0 Å². The lowest BCUT2D eigenvalue weighted by molar-refractivity contribution is -0.138. The van der Waals surface area contributed by atoms with E-state index in [0.29, 0.717) is 18.5 Å². The molecule has 1 saturated heterocycles. The lowest BCUT2D eigenvalue weighted by atomic mass is 9.81. The minimum absolute atomic E-state index is 0.0443. The molecule has 2 nitrogen and oxygen atoms in total. The number of nitrogens with zero attached hydrogens (tertiary/aromatic N) is 1. The van der Waals surface area contributed by atoms with E-state index < -0.39 is 23.5 Å². The summed E-state index contributed by atoms with van der Waals surface area (Å²) in [5, 5.41) is 0. The third-order valence-electron chi connectivity index (χ3n) is 8.50. The zero-order valence-corrected chi connectivity index (χ0v) is 25.0. The van der Waals surface area contributed by atoms with Crippen LogP contribution in [-0.4, -0.2) is 23.8 Å². The standard InChI is InChI=1S/C35H39F6NO/c1-5-33(25-10-14-31(15-11-25)35(39,40)41)42-16-6-7-26(21-42)28-18-27(24-8-12-30(13-9-24)34(36,37)38)19-29(20-28)32(23(4)43)17-22(2)3/h8-15,18-20,22,26,32-33H,5-7,16-17,21H2,1-4H3/t26?,32-,33?/m1/s1. The summed E-state index contributed by atoms with van der Waals surface area (Å²) in [6.45, 7) is 9.22. The zero-order chi connectivity index (χ0) is 31.5. The first-order valence-corrected chi connectivity index (χ1v) is 14.9. The SMILES string of the molecule is CCC(c1ccc(C(F)(F)F)cc1)N1CCCC(c2cc(-c3ccc(C(F)(F)F)cc3)cc([C@H](CC(C)C)C(C)=O)c2)C1. The van der Waals surface area contributed by atoms with Crippen molar-refractivity contribution in [3.8, 4) is 11.1 Å². The van der Waals surface area contributed by atoms with Crippen molar-refractivity contribution in [3.05, 3.63) is 94.5 Å². The summed E-state index contributed by atoms with van der Waals surface area (Å²) in [4.78, 5) is 15.1. The number of ketones is 1. The fourth-order valence-corrected chi connectivity index (χ4v) is 6.30. The van der Waals surface area contributed by atoms with Crippen LogP contribution in [0.5, 0.6) is 0 Å². The molecule has 0 radical (unpaired) electrons. The molecule has 1 aliphatic heterocycles. The minimum Gasteiger partial charge on any atom is -0.299 e. The first kappa shape index (κ1) is 32.8. The molecule has 3 atom stereocenters. The van der Waals surface area contributed by atoms with Gasteiger partial charge in [-0.15, -0.1) is 0 Å². The smallest absolute Gasteiger partial charge is 0.299 e. The van der Waals surface area contributed by atoms with Gasteiger partial charge in [0.25, 0.3) is 0 Å². The first-order chi connectivity index (χ1) is 20.2. The van der Waals surface area contributed by atoms with Crippen molar-refractivity contribution in [2.75, 3.05) is 13.1 Å². The number of Topliss-reactive ketones (excluding diaryl/α,β-unsaturated/α-hetero) is 1. The van der Waals surface area contributed by atoms with Crippen molar-refractivity contribution < 1.29 is 31.1 Å². The molecule has 0 aliphatic carbocycles. The quantitative estimate of drug-likeness (QED) is 0.227. The van der Waals surface area contributed by atoms with E-state index in [1.165, 1.54) is 12.1 Å². The third-order valence-corrected chi connectivity index (χ3v) is 8.50. The second-order valence-electron chi connectivity index (χ2n) is 12.1. The predicted octanol–water partition coefficient (Wildman–Crippen LogP) is 10.4. The molecule has 0 spiro atoms. The Morgan fingerprint density at radius 3 is 1.93 bits per heavy atom. The van der Waals surface area contributed by atoms with Gasteiger partial charge in [0.05, 0.1) is 11.1 Å². The van der Waals surface area contributed by atoms with E-state index in [4.69, 9.17) is 0 Å². The van der Waals surface area contributed by atoms with Gasteiger partial charge in [-0.1, -0.05) is 63.2 Å². The van der Waals surface area contributed by atoms with E-state index in [1.54, 1.807) is 19.1 Å². The molecule has 0 bridgehead atoms. The van der Waals surface area contributed by atoms with Crippen LogP contribution in [0.1, 0.15) is 99.1 Å². The van der Waals surface area contributed by atoms with Gasteiger partial charge in [-0.25, -0.2) is 0 Å². The van der Waals surface area contributed by atoms with Gasteiger partial charge in [-0.3, -0.25) is 9.69 Å². The number of hydrogen-bond acceptors (Lipinski definition) is 2. The van der Waals surface area contributed by atoms with Crippen LogP contribution in [0.4, 0.5) is 26.3 Å². The van der Waals surface area contributed by atoms with E-state index in [-0.39, 0.29) is 29.6 Å². The third kappa shape index (κ3) is 8.08. The molecule has 3 aromatic rings. The Balaban J connectivity index is 1.70. The van der Waals surface area contributed by atoms with Gasteiger partial charge in [0.2, 0.25) is 0 Å². The summed E-state index contributed by atoms with van der Waals surface area (Å²) in [7, 11) is 0. The molecule has 4 rings (SSSR count). The predicted molar refractivity (Wildman–Crippen MR) is 158 cm³/mol. The molecule has 0 aromatic heterocycles. The average Bonchev–Trinajstić information content (AvgIpc) is 2.95. The number of carbonyl (C=O) groups excluding carboxylic acids is 1. The highest BCUT2D eigenvalue weighted by Gasteiger charge is 2.33. The highest BCUT2D eigenvalue weighted by molar-refractivity contribution is 5.84. The van der Waals surface area contributed by atoms with Crippen LogP contribution in [0.2, 0.25) is 0 Å². The molecule has 0 amide bonds. The number of hydrogen-bond donors (Lipinski definition) is 0. The normalized spacial score (nSPS) is 18.1. The number of piperidine rings is 1. The Morgan fingerprint density at radius 1 is 0.837 bits per heavy atom. The fraction of sp³-hybridized carbons (Fsp3) is 0.457. The van der Waals surface area contributed by atoms with E-state index in [0.717, 1.165) is 72.3 Å². The number of alkyl halides is 6. The Kier molecular flexibility index (Phi) is 10.1. The molecule has 0 N–H and O–H groups in total. The van der Waals surface area contributed by atoms with Crippen LogP contribution in [0.25, 0.3) is 11.1 Å². The molecular weight excluding hydrogens is 564 g/mol. The number of halogens is 6. The summed E-state index contributed by atoms with van der Waals surface area (Å²) < 4.78 is 79.2. The van der Waals surface area contributed by atoms with E-state index in [9.17, 15) is 31.1 Å². The molecule has 232 valence electrons. The van der Waals surface area contributed by atoms with Gasteiger partial charge in [0.15, 0.2) is 0 Å². The van der Waals surface area contributed by atoms with Crippen LogP contribution >= 0.6 is 0 Å². The maximum absolute atomic E-state index is 13.2. The van der Waals surface area contributed by atoms with Crippen molar-refractivity contribution in [1.29, 1.82) is 0 Å². The summed E-state index contributed by atoms with van der Waals surface area (Å²) >= 11 is 0. The van der Waals surface area contributed by atoms with E-state index in [1.807, 2.05) is 19.1 Å². The van der Waals surface area contributed by atoms with Crippen molar-refractivity contribution in [1.82, 2.24) is 4.90 Å². The van der Waals surface area contributed by atoms with Crippen molar-refractivity contribution in [3.63, 3.8) is 0 Å². The Labute approximate surface area is 250 Å². The molecule has 2 unspecified atom stereocenters. The van der Waals surface area contributed by atoms with Crippen LogP contribution in [0.15, 0.2) is 66.7 Å². The second-order valence-corrected chi connectivity index (χ2v) is 12.1. The number of rotatable bonds is 9. The molecule has 1 aliphatic rings. The van der Waals surface area contributed by atoms with E-state index in [2.05, 4.69) is 24.8 Å². The number of likely N-dealkylation sites (tertiary alicyclic amines) is 1. The lowest BCUT2D eigenvalue weighted by Crippen LogP contribution is -2.37. The molecule has 43 heavy (non-hydrogen) atoms. The molecule has 0 saturated carbocycles. The van der Waals surface area contributed by atoms with Crippen LogP contribution in [0.3, 0.4) is 0 Å². The summed E-state index contributed by atoms with van der Waals surface area (Å²) in [6, 6.07) is 16.5. The highest BCUT2D eigenvalue weighted by atomic mass is 19.4. The molecule has 8 heteroatoms. The Morgan fingerprint density at radius 2 is 1.42 bits per heavy atom. The Hall–Kier alpha value is -3.13. The number of benzene rings is 3. The van der Waals surface area contributed by atoms with Gasteiger partial charge < -0.3 is 0 Å². The van der Waals surface area contributed by atoms with E-state index >= 15 is 0 Å². The molecule has 3 aromatic carbocycles. The molecule has 1 fully saturated rings. The van der Waals surface area contributed by atoms with Crippen LogP contribution in [-0.2, 0) is 17.1 Å². The monoisotopic (exact) mass is 603 g/mol. The van der Waals surface area contributed by atoms with Gasteiger partial charge in [-0.05, 0) is 103 Å². The largest absolute Gasteiger partial charge is 0.416 e. The summed E-state index contributed by atoms with van der Waals surface area (Å²) in [5.74, 6) is 0.0783. The summed E-state index contributed by atoms with van der Waals surface area (Å²) in [6.07, 6.45) is -5.64. The Bertz CT molecular complexity index is 1380. The van der Waals surface area contributed by atoms with Crippen molar-refractivity contribution >= 4 is 5.78 Å². The fourth-order valence-electron chi connectivity index (χ4n) is 6.30. The minimum atomic E-state index is -4.43. The lowest BCUT2D eigenvalue weighted by Gasteiger charge is -2.39. The van der Waals surface area contributed by atoms with Gasteiger partial charge in [0, 0.05) is 18.5 Å². The zero-order valence-electron chi connectivity index (χ0n) is 25.0. The van der Waals surface area contributed by atoms with Crippen molar-refractivity contribution in [2.45, 2.75) is 83.6 Å². The van der Waals surface area contributed by atoms with Gasteiger partial charge >= 0.3 is 12.4 Å². The molecule has 1 heterocycles. The maximum Gasteiger partial charge on any atom is 0.416 e. The maximum atomic E-state index is 13.2. The van der Waals surface area contributed by atoms with Gasteiger partial charge in [0.1, 0.15) is 5.78 Å². The number of carbonyl (C=O) groups is 1. The van der Waals surface area contributed by atoms with Gasteiger partial charge in [-0.2, -0.15) is 26.3 Å². The topological polar surface area (TPSA) is 20.3 Å². The molecular formula is C35H39F6NO. The summed E-state index contributed by atoms with van der Waals surface area (Å²) in [5.41, 5.74) is 2.75. The first-order valence-electron chi connectivity index (χ1n) is 14.9. The highest BCUT2D eigenvalue weighted by Crippen LogP contribution is 2.39.